The molecule has 3 aromatic carbocycles. The second-order valence-corrected chi connectivity index (χ2v) is 8.15. The van der Waals surface area contributed by atoms with Crippen LogP contribution in [0.15, 0.2) is 88.6 Å². The Bertz CT molecular complexity index is 1490. The lowest BCUT2D eigenvalue weighted by molar-refractivity contribution is 0.0714. The Balaban J connectivity index is 1.70. The Labute approximate surface area is 200 Å². The highest BCUT2D eigenvalue weighted by molar-refractivity contribution is 5.99. The number of ether oxygens (including phenoxy) is 2. The van der Waals surface area contributed by atoms with E-state index in [1.54, 1.807) is 29.2 Å². The number of rotatable bonds is 7. The molecule has 7 heteroatoms. The molecular weight excluding hydrogens is 449 g/mol. The molecule has 4 aromatic rings. The van der Waals surface area contributed by atoms with Crippen molar-refractivity contribution in [3.63, 3.8) is 0 Å². The third-order valence-electron chi connectivity index (χ3n) is 5.98. The quantitative estimate of drug-likeness (QED) is 0.344. The van der Waals surface area contributed by atoms with E-state index < -0.39 is 23.2 Å². The largest absolute Gasteiger partial charge is 0.493 e. The Morgan fingerprint density at radius 2 is 1.86 bits per heavy atom. The van der Waals surface area contributed by atoms with Crippen LogP contribution < -0.4 is 14.9 Å². The van der Waals surface area contributed by atoms with Crippen molar-refractivity contribution < 1.29 is 23.1 Å². The van der Waals surface area contributed by atoms with Gasteiger partial charge in [-0.05, 0) is 41.5 Å². The van der Waals surface area contributed by atoms with Gasteiger partial charge in [0.1, 0.15) is 18.0 Å². The topological polar surface area (TPSA) is 69.0 Å². The molecule has 35 heavy (non-hydrogen) atoms. The van der Waals surface area contributed by atoms with Crippen molar-refractivity contribution >= 4 is 16.9 Å². The number of methoxy groups -OCH3 is 1. The lowest BCUT2D eigenvalue weighted by atomic mass is 9.97. The van der Waals surface area contributed by atoms with Crippen LogP contribution in [0.5, 0.6) is 11.5 Å². The van der Waals surface area contributed by atoms with Crippen molar-refractivity contribution in [1.29, 1.82) is 0 Å². The monoisotopic (exact) mass is 471 g/mol. The number of halogens is 1. The molecule has 1 amide bonds. The van der Waals surface area contributed by atoms with Crippen molar-refractivity contribution in [2.45, 2.75) is 12.6 Å². The van der Waals surface area contributed by atoms with Crippen LogP contribution in [-0.2, 0) is 6.54 Å². The van der Waals surface area contributed by atoms with Gasteiger partial charge >= 0.3 is 0 Å². The van der Waals surface area contributed by atoms with Gasteiger partial charge in [-0.1, -0.05) is 49.1 Å². The van der Waals surface area contributed by atoms with E-state index in [9.17, 15) is 14.0 Å². The highest BCUT2D eigenvalue weighted by Gasteiger charge is 2.43. The lowest BCUT2D eigenvalue weighted by Crippen LogP contribution is -2.29. The zero-order valence-electron chi connectivity index (χ0n) is 19.0. The first kappa shape index (κ1) is 22.4. The van der Waals surface area contributed by atoms with Gasteiger partial charge in [-0.25, -0.2) is 4.39 Å². The van der Waals surface area contributed by atoms with Crippen LogP contribution in [0.3, 0.4) is 0 Å². The number of nitrogens with zero attached hydrogens (tertiary/aromatic N) is 1. The molecule has 2 heterocycles. The van der Waals surface area contributed by atoms with Gasteiger partial charge in [0.05, 0.1) is 24.1 Å². The number of hydrogen-bond donors (Lipinski definition) is 0. The van der Waals surface area contributed by atoms with E-state index in [0.717, 1.165) is 11.6 Å². The molecule has 1 aromatic heterocycles. The van der Waals surface area contributed by atoms with Gasteiger partial charge in [0.25, 0.3) is 5.91 Å². The molecule has 0 spiro atoms. The SMILES string of the molecule is C=CCOc1ccc(C2c3c(oc4ccc(F)cc4c3=O)C(=O)N2Cc2ccccc2)cc1OC. The average Bonchev–Trinajstić information content (AvgIpc) is 3.15. The maximum Gasteiger partial charge on any atom is 0.291 e. The molecule has 1 aliphatic rings. The summed E-state index contributed by atoms with van der Waals surface area (Å²) in [5, 5.41) is 0.0843. The Morgan fingerprint density at radius 3 is 2.60 bits per heavy atom. The third kappa shape index (κ3) is 3.95. The third-order valence-corrected chi connectivity index (χ3v) is 5.98. The van der Waals surface area contributed by atoms with Crippen LogP contribution in [0.25, 0.3) is 11.0 Å². The van der Waals surface area contributed by atoms with E-state index >= 15 is 0 Å². The highest BCUT2D eigenvalue weighted by atomic mass is 19.1. The number of carbonyl (C=O) groups excluding carboxylic acids is 1. The fourth-order valence-electron chi connectivity index (χ4n) is 4.40. The van der Waals surface area contributed by atoms with E-state index in [4.69, 9.17) is 13.9 Å². The molecule has 6 nitrogen and oxygen atoms in total. The summed E-state index contributed by atoms with van der Waals surface area (Å²) in [5.41, 5.74) is 1.42. The van der Waals surface area contributed by atoms with Crippen molar-refractivity contribution in [3.8, 4) is 11.5 Å². The van der Waals surface area contributed by atoms with E-state index in [2.05, 4.69) is 6.58 Å². The molecule has 0 aliphatic carbocycles. The molecule has 0 N–H and O–H groups in total. The van der Waals surface area contributed by atoms with Crippen molar-refractivity contribution in [2.24, 2.45) is 0 Å². The van der Waals surface area contributed by atoms with Gasteiger partial charge in [0.2, 0.25) is 5.76 Å². The fraction of sp³-hybridized carbons (Fsp3) is 0.143. The van der Waals surface area contributed by atoms with Crippen LogP contribution in [0, 0.1) is 5.82 Å². The number of benzene rings is 3. The Hall–Kier alpha value is -4.39. The zero-order chi connectivity index (χ0) is 24.5. The summed E-state index contributed by atoms with van der Waals surface area (Å²) in [5.74, 6) is -0.0645. The molecule has 0 fully saturated rings. The molecule has 0 radical (unpaired) electrons. The van der Waals surface area contributed by atoms with Gasteiger partial charge in [-0.3, -0.25) is 9.59 Å². The first-order chi connectivity index (χ1) is 17.0. The summed E-state index contributed by atoms with van der Waals surface area (Å²) in [6.07, 6.45) is 1.62. The number of carbonyl (C=O) groups is 1. The standard InChI is InChI=1S/C28H22FNO5/c1-3-13-34-22-11-9-18(14-23(22)33-2)25-24-26(31)20-15-19(29)10-12-21(20)35-27(24)28(32)30(25)16-17-7-5-4-6-8-17/h3-12,14-15,25H,1,13,16H2,2H3. The van der Waals surface area contributed by atoms with E-state index in [1.165, 1.54) is 19.2 Å². The summed E-state index contributed by atoms with van der Waals surface area (Å²) in [4.78, 5) is 28.7. The molecule has 176 valence electrons. The summed E-state index contributed by atoms with van der Waals surface area (Å²) in [6, 6.07) is 17.6. The highest BCUT2D eigenvalue weighted by Crippen LogP contribution is 2.41. The van der Waals surface area contributed by atoms with Gasteiger partial charge in [-0.15, -0.1) is 0 Å². The maximum atomic E-state index is 14.0. The molecule has 0 bridgehead atoms. The number of amides is 1. The van der Waals surface area contributed by atoms with E-state index in [1.807, 2.05) is 30.3 Å². The summed E-state index contributed by atoms with van der Waals surface area (Å²) < 4.78 is 31.0. The van der Waals surface area contributed by atoms with Crippen LogP contribution in [0.1, 0.15) is 33.3 Å². The molecular formula is C28H22FNO5. The van der Waals surface area contributed by atoms with E-state index in [-0.39, 0.29) is 28.8 Å². The minimum absolute atomic E-state index is 0.0407. The molecule has 0 saturated heterocycles. The predicted molar refractivity (Wildman–Crippen MR) is 129 cm³/mol. The van der Waals surface area contributed by atoms with Crippen LogP contribution in [-0.4, -0.2) is 24.5 Å². The van der Waals surface area contributed by atoms with E-state index in [0.29, 0.717) is 23.7 Å². The summed E-state index contributed by atoms with van der Waals surface area (Å²) in [6.45, 7) is 4.19. The van der Waals surface area contributed by atoms with Gasteiger partial charge in [0, 0.05) is 6.54 Å². The predicted octanol–water partition coefficient (Wildman–Crippen LogP) is 5.25. The van der Waals surface area contributed by atoms with Crippen LogP contribution in [0.4, 0.5) is 4.39 Å². The smallest absolute Gasteiger partial charge is 0.291 e. The summed E-state index contributed by atoms with van der Waals surface area (Å²) in [7, 11) is 1.51. The Morgan fingerprint density at radius 1 is 1.06 bits per heavy atom. The molecule has 5 rings (SSSR count). The van der Waals surface area contributed by atoms with Crippen molar-refractivity contribution in [3.05, 3.63) is 118 Å². The average molecular weight is 471 g/mol. The normalized spacial score (nSPS) is 14.7. The number of hydrogen-bond acceptors (Lipinski definition) is 5. The minimum atomic E-state index is -0.760. The first-order valence-electron chi connectivity index (χ1n) is 11.0. The summed E-state index contributed by atoms with van der Waals surface area (Å²) >= 11 is 0. The zero-order valence-corrected chi connectivity index (χ0v) is 19.0. The van der Waals surface area contributed by atoms with Crippen LogP contribution >= 0.6 is 0 Å². The van der Waals surface area contributed by atoms with Crippen LogP contribution in [0.2, 0.25) is 0 Å². The number of fused-ring (bicyclic) bond motifs is 2. The van der Waals surface area contributed by atoms with Gasteiger partial charge in [0.15, 0.2) is 16.9 Å². The first-order valence-corrected chi connectivity index (χ1v) is 11.0. The lowest BCUT2D eigenvalue weighted by Gasteiger charge is -2.26. The minimum Gasteiger partial charge on any atom is -0.493 e. The Kier molecular flexibility index (Phi) is 5.82. The molecule has 1 unspecified atom stereocenters. The van der Waals surface area contributed by atoms with Crippen molar-refractivity contribution in [2.75, 3.05) is 13.7 Å². The fourth-order valence-corrected chi connectivity index (χ4v) is 4.40. The maximum absolute atomic E-state index is 14.0. The molecule has 1 atom stereocenters. The second-order valence-electron chi connectivity index (χ2n) is 8.15. The van der Waals surface area contributed by atoms with Gasteiger partial charge < -0.3 is 18.8 Å². The molecule has 0 saturated carbocycles. The van der Waals surface area contributed by atoms with Gasteiger partial charge in [-0.2, -0.15) is 0 Å². The molecule has 1 aliphatic heterocycles. The second kappa shape index (κ2) is 9.10. The van der Waals surface area contributed by atoms with Crippen molar-refractivity contribution in [1.82, 2.24) is 4.90 Å².